The predicted octanol–water partition coefficient (Wildman–Crippen LogP) is 2.39. The van der Waals surface area contributed by atoms with Crippen LogP contribution in [0, 0.1) is 25.7 Å². The number of carbonyl (C=O) groups excluding carboxylic acids is 3. The molecule has 3 N–H and O–H groups in total. The van der Waals surface area contributed by atoms with Gasteiger partial charge in [0.25, 0.3) is 0 Å². The Balaban J connectivity index is 1.49. The van der Waals surface area contributed by atoms with Gasteiger partial charge in [-0.05, 0) is 37.5 Å². The van der Waals surface area contributed by atoms with Crippen molar-refractivity contribution in [2.45, 2.75) is 31.8 Å². The molecule has 3 aromatic rings. The topological polar surface area (TPSA) is 104 Å². The number of methoxy groups -OCH3 is 1. The summed E-state index contributed by atoms with van der Waals surface area (Å²) in [5.41, 5.74) is 4.20. The normalized spacial score (nSPS) is 27.2. The molecule has 8 heteroatoms. The Bertz CT molecular complexity index is 1400. The minimum Gasteiger partial charge on any atom is -0.383 e. The highest BCUT2D eigenvalue weighted by Crippen LogP contribution is 2.54. The van der Waals surface area contributed by atoms with E-state index in [1.165, 1.54) is 4.90 Å². The first-order valence-electron chi connectivity index (χ1n) is 12.0. The first-order chi connectivity index (χ1) is 16.9. The maximum atomic E-state index is 13.8. The molecule has 2 fully saturated rings. The molecule has 180 valence electrons. The van der Waals surface area contributed by atoms with Crippen LogP contribution >= 0.6 is 0 Å². The second kappa shape index (κ2) is 7.76. The molecule has 0 radical (unpaired) electrons. The van der Waals surface area contributed by atoms with Gasteiger partial charge in [-0.1, -0.05) is 35.9 Å². The molecule has 8 nitrogen and oxygen atoms in total. The summed E-state index contributed by atoms with van der Waals surface area (Å²) in [6.07, 6.45) is 2.46. The van der Waals surface area contributed by atoms with E-state index in [-0.39, 0.29) is 36.9 Å². The van der Waals surface area contributed by atoms with Crippen LogP contribution in [0.25, 0.3) is 10.9 Å². The lowest BCUT2D eigenvalue weighted by Gasteiger charge is -2.29. The molecule has 1 spiro atoms. The van der Waals surface area contributed by atoms with Crippen molar-refractivity contribution in [1.82, 2.24) is 15.2 Å². The van der Waals surface area contributed by atoms with Crippen molar-refractivity contribution in [1.29, 1.82) is 0 Å². The molecule has 35 heavy (non-hydrogen) atoms. The number of nitrogens with zero attached hydrogens (tertiary/aromatic N) is 1. The highest BCUT2D eigenvalue weighted by atomic mass is 16.5. The highest BCUT2D eigenvalue weighted by Gasteiger charge is 2.70. The van der Waals surface area contributed by atoms with Crippen LogP contribution in [0.3, 0.4) is 0 Å². The molecule has 0 bridgehead atoms. The number of para-hydroxylation sites is 1. The summed E-state index contributed by atoms with van der Waals surface area (Å²) in [7, 11) is 1.54. The van der Waals surface area contributed by atoms with E-state index in [4.69, 9.17) is 4.74 Å². The van der Waals surface area contributed by atoms with Gasteiger partial charge in [0.1, 0.15) is 5.54 Å². The van der Waals surface area contributed by atoms with Gasteiger partial charge >= 0.3 is 0 Å². The Morgan fingerprint density at radius 2 is 1.89 bits per heavy atom. The van der Waals surface area contributed by atoms with Crippen LogP contribution in [-0.4, -0.2) is 53.9 Å². The number of aromatic amines is 1. The SMILES string of the molecule is COCCN1C(=O)[C@H]2[C@@H](C1=O)[C@@]1(N[C@@H]2Cc2c[nH]c3ccccc23)C(=O)Nc2c(C)cc(C)cc21. The van der Waals surface area contributed by atoms with Gasteiger partial charge < -0.3 is 15.0 Å². The van der Waals surface area contributed by atoms with Crippen molar-refractivity contribution >= 4 is 34.3 Å². The molecule has 0 unspecified atom stereocenters. The summed E-state index contributed by atoms with van der Waals surface area (Å²) >= 11 is 0. The Kier molecular flexibility index (Phi) is 4.88. The van der Waals surface area contributed by atoms with E-state index in [0.717, 1.165) is 38.8 Å². The third-order valence-electron chi connectivity index (χ3n) is 7.89. The maximum absolute atomic E-state index is 13.8. The van der Waals surface area contributed by atoms with Crippen LogP contribution in [0.15, 0.2) is 42.6 Å². The number of ether oxygens (including phenoxy) is 1. The number of amides is 3. The lowest BCUT2D eigenvalue weighted by molar-refractivity contribution is -0.143. The fourth-order valence-corrected chi connectivity index (χ4v) is 6.43. The van der Waals surface area contributed by atoms with Gasteiger partial charge in [-0.15, -0.1) is 0 Å². The molecule has 2 saturated heterocycles. The minimum absolute atomic E-state index is 0.179. The fourth-order valence-electron chi connectivity index (χ4n) is 6.43. The summed E-state index contributed by atoms with van der Waals surface area (Å²) in [4.78, 5) is 45.7. The van der Waals surface area contributed by atoms with Crippen molar-refractivity contribution in [3.63, 3.8) is 0 Å². The number of anilines is 1. The Morgan fingerprint density at radius 3 is 2.69 bits per heavy atom. The van der Waals surface area contributed by atoms with E-state index in [0.29, 0.717) is 6.42 Å². The molecular formula is C27H28N4O4. The number of carbonyl (C=O) groups is 3. The Labute approximate surface area is 203 Å². The van der Waals surface area contributed by atoms with Crippen LogP contribution in [0.5, 0.6) is 0 Å². The van der Waals surface area contributed by atoms with E-state index in [1.807, 2.05) is 56.4 Å². The van der Waals surface area contributed by atoms with E-state index >= 15 is 0 Å². The van der Waals surface area contributed by atoms with E-state index < -0.39 is 17.4 Å². The third-order valence-corrected chi connectivity index (χ3v) is 7.89. The lowest BCUT2D eigenvalue weighted by Crippen LogP contribution is -2.53. The maximum Gasteiger partial charge on any atom is 0.250 e. The zero-order valence-corrected chi connectivity index (χ0v) is 20.0. The van der Waals surface area contributed by atoms with Crippen molar-refractivity contribution in [3.8, 4) is 0 Å². The molecule has 3 amide bonds. The number of hydrogen-bond acceptors (Lipinski definition) is 5. The molecule has 0 aliphatic carbocycles. The van der Waals surface area contributed by atoms with Crippen molar-refractivity contribution in [2.75, 3.05) is 25.6 Å². The molecule has 2 aromatic carbocycles. The van der Waals surface area contributed by atoms with Crippen LogP contribution in [-0.2, 0) is 31.1 Å². The molecule has 1 aromatic heterocycles. The zero-order chi connectivity index (χ0) is 24.5. The summed E-state index contributed by atoms with van der Waals surface area (Å²) in [6, 6.07) is 11.6. The van der Waals surface area contributed by atoms with Crippen LogP contribution in [0.2, 0.25) is 0 Å². The Morgan fingerprint density at radius 1 is 1.09 bits per heavy atom. The largest absolute Gasteiger partial charge is 0.383 e. The predicted molar refractivity (Wildman–Crippen MR) is 131 cm³/mol. The average Bonchev–Trinajstić information content (AvgIpc) is 3.53. The third kappa shape index (κ3) is 2.96. The molecule has 3 aliphatic heterocycles. The standard InChI is InChI=1S/C27H28N4O4/c1-14-10-15(2)23-18(11-14)27(26(34)29-23)22-21(24(32)31(25(22)33)8-9-35-3)20(30-27)12-16-13-28-19-7-5-4-6-17(16)19/h4-7,10-11,13,20-22,28,30H,8-9,12H2,1-3H3,(H,29,34)/t20-,21-,22+,27-/m1/s1. The van der Waals surface area contributed by atoms with Crippen LogP contribution < -0.4 is 10.6 Å². The lowest BCUT2D eigenvalue weighted by atomic mass is 9.75. The van der Waals surface area contributed by atoms with E-state index in [2.05, 4.69) is 15.6 Å². The second-order valence-electron chi connectivity index (χ2n) is 9.91. The van der Waals surface area contributed by atoms with Crippen molar-refractivity contribution in [2.24, 2.45) is 11.8 Å². The average molecular weight is 473 g/mol. The molecule has 3 aliphatic rings. The highest BCUT2D eigenvalue weighted by molar-refractivity contribution is 6.15. The van der Waals surface area contributed by atoms with Gasteiger partial charge in [-0.25, -0.2) is 0 Å². The number of aryl methyl sites for hydroxylation is 2. The van der Waals surface area contributed by atoms with Crippen LogP contribution in [0.4, 0.5) is 5.69 Å². The van der Waals surface area contributed by atoms with Gasteiger partial charge in [0, 0.05) is 41.5 Å². The van der Waals surface area contributed by atoms with Gasteiger partial charge in [0.2, 0.25) is 17.7 Å². The van der Waals surface area contributed by atoms with Gasteiger partial charge in [-0.2, -0.15) is 0 Å². The Hall–Kier alpha value is -3.49. The zero-order valence-electron chi connectivity index (χ0n) is 20.0. The van der Waals surface area contributed by atoms with Gasteiger partial charge in [-0.3, -0.25) is 24.6 Å². The van der Waals surface area contributed by atoms with Crippen molar-refractivity contribution < 1.29 is 19.1 Å². The number of nitrogens with one attached hydrogen (secondary N) is 3. The first-order valence-corrected chi connectivity index (χ1v) is 12.0. The number of benzene rings is 2. The summed E-state index contributed by atoms with van der Waals surface area (Å²) in [5, 5.41) is 7.64. The summed E-state index contributed by atoms with van der Waals surface area (Å²) in [6.45, 7) is 4.36. The molecule has 0 saturated carbocycles. The number of imide groups is 1. The van der Waals surface area contributed by atoms with E-state index in [9.17, 15) is 14.4 Å². The number of H-pyrrole nitrogens is 1. The number of rotatable bonds is 5. The molecule has 4 heterocycles. The molecule has 6 rings (SSSR count). The van der Waals surface area contributed by atoms with Gasteiger partial charge in [0.15, 0.2) is 0 Å². The number of hydrogen-bond donors (Lipinski definition) is 3. The molecule has 4 atom stereocenters. The van der Waals surface area contributed by atoms with Gasteiger partial charge in [0.05, 0.1) is 25.0 Å². The fraction of sp³-hybridized carbons (Fsp3) is 0.370. The monoisotopic (exact) mass is 472 g/mol. The van der Waals surface area contributed by atoms with Crippen molar-refractivity contribution in [3.05, 3.63) is 64.8 Å². The first kappa shape index (κ1) is 22.0. The smallest absolute Gasteiger partial charge is 0.250 e. The summed E-state index contributed by atoms with van der Waals surface area (Å²) in [5.74, 6) is -2.28. The number of fused-ring (bicyclic) bond motifs is 5. The minimum atomic E-state index is -1.29. The number of likely N-dealkylation sites (tertiary alicyclic amines) is 1. The second-order valence-corrected chi connectivity index (χ2v) is 9.91. The number of aromatic nitrogens is 1. The quantitative estimate of drug-likeness (QED) is 0.495. The summed E-state index contributed by atoms with van der Waals surface area (Å²) < 4.78 is 5.16. The molecular weight excluding hydrogens is 444 g/mol. The van der Waals surface area contributed by atoms with E-state index in [1.54, 1.807) is 7.11 Å². The van der Waals surface area contributed by atoms with Crippen LogP contribution in [0.1, 0.15) is 22.3 Å².